The summed E-state index contributed by atoms with van der Waals surface area (Å²) in [5.74, 6) is 0.0617. The number of aromatic amines is 1. The zero-order chi connectivity index (χ0) is 16.1. The molecule has 0 spiro atoms. The maximum atomic E-state index is 12.1. The van der Waals surface area contributed by atoms with E-state index < -0.39 is 0 Å². The number of H-pyrrole nitrogens is 1. The lowest BCUT2D eigenvalue weighted by molar-refractivity contribution is -0.121. The Morgan fingerprint density at radius 2 is 2.17 bits per heavy atom. The van der Waals surface area contributed by atoms with Crippen molar-refractivity contribution in [2.24, 2.45) is 0 Å². The minimum absolute atomic E-state index is 0.0437. The fraction of sp³-hybridized carbons (Fsp3) is 0.278. The number of hydrogen-bond acceptors (Lipinski definition) is 3. The molecule has 1 aromatic carbocycles. The van der Waals surface area contributed by atoms with Crippen molar-refractivity contribution in [1.82, 2.24) is 20.3 Å². The smallest absolute Gasteiger partial charge is 0.220 e. The van der Waals surface area contributed by atoms with Crippen molar-refractivity contribution in [3.63, 3.8) is 0 Å². The van der Waals surface area contributed by atoms with Crippen molar-refractivity contribution >= 4 is 16.8 Å². The summed E-state index contributed by atoms with van der Waals surface area (Å²) < 4.78 is 0. The standard InChI is InChI=1S/C18H20N4O/c1-13(10-15-12-19-8-9-20-15)22-18(23)7-6-14-11-21-17-5-3-2-4-16(14)17/h2-5,8-9,11-13,21H,6-7,10H2,1H3,(H,22,23). The van der Waals surface area contributed by atoms with Crippen LogP contribution in [0.1, 0.15) is 24.6 Å². The monoisotopic (exact) mass is 308 g/mol. The van der Waals surface area contributed by atoms with Crippen LogP contribution >= 0.6 is 0 Å². The summed E-state index contributed by atoms with van der Waals surface area (Å²) in [4.78, 5) is 23.6. The summed E-state index contributed by atoms with van der Waals surface area (Å²) in [7, 11) is 0. The lowest BCUT2D eigenvalue weighted by atomic mass is 10.1. The second-order valence-electron chi connectivity index (χ2n) is 5.73. The number of carbonyl (C=O) groups is 1. The van der Waals surface area contributed by atoms with Gasteiger partial charge >= 0.3 is 0 Å². The predicted octanol–water partition coefficient (Wildman–Crippen LogP) is 2.64. The second kappa shape index (κ2) is 7.05. The van der Waals surface area contributed by atoms with Crippen molar-refractivity contribution in [2.45, 2.75) is 32.2 Å². The van der Waals surface area contributed by atoms with Crippen LogP contribution in [0.5, 0.6) is 0 Å². The average Bonchev–Trinajstić information content (AvgIpc) is 2.97. The van der Waals surface area contributed by atoms with E-state index in [9.17, 15) is 4.79 Å². The Labute approximate surface area is 135 Å². The van der Waals surface area contributed by atoms with E-state index in [2.05, 4.69) is 26.3 Å². The first-order chi connectivity index (χ1) is 11.2. The van der Waals surface area contributed by atoms with Crippen molar-refractivity contribution < 1.29 is 4.79 Å². The number of aryl methyl sites for hydroxylation is 1. The highest BCUT2D eigenvalue weighted by Crippen LogP contribution is 2.18. The molecule has 0 saturated carbocycles. The third-order valence-electron chi connectivity index (χ3n) is 3.84. The van der Waals surface area contributed by atoms with E-state index in [1.54, 1.807) is 18.6 Å². The van der Waals surface area contributed by atoms with Gasteiger partial charge in [-0.2, -0.15) is 0 Å². The van der Waals surface area contributed by atoms with Crippen molar-refractivity contribution in [2.75, 3.05) is 0 Å². The highest BCUT2D eigenvalue weighted by molar-refractivity contribution is 5.84. The third-order valence-corrected chi connectivity index (χ3v) is 3.84. The molecule has 0 bridgehead atoms. The molecule has 3 rings (SSSR count). The van der Waals surface area contributed by atoms with E-state index in [4.69, 9.17) is 0 Å². The molecule has 118 valence electrons. The van der Waals surface area contributed by atoms with Gasteiger partial charge in [0, 0.05) is 54.6 Å². The Kier molecular flexibility index (Phi) is 4.66. The topological polar surface area (TPSA) is 70.7 Å². The number of carbonyl (C=O) groups excluding carboxylic acids is 1. The third kappa shape index (κ3) is 3.94. The largest absolute Gasteiger partial charge is 0.361 e. The highest BCUT2D eigenvalue weighted by atomic mass is 16.1. The summed E-state index contributed by atoms with van der Waals surface area (Å²) in [5, 5.41) is 4.21. The van der Waals surface area contributed by atoms with Crippen LogP contribution in [0.2, 0.25) is 0 Å². The lowest BCUT2D eigenvalue weighted by Gasteiger charge is -2.13. The van der Waals surface area contributed by atoms with E-state index in [-0.39, 0.29) is 11.9 Å². The Hall–Kier alpha value is -2.69. The molecule has 5 nitrogen and oxygen atoms in total. The molecule has 0 aliphatic rings. The average molecular weight is 308 g/mol. The van der Waals surface area contributed by atoms with Crippen LogP contribution in [0.25, 0.3) is 10.9 Å². The Morgan fingerprint density at radius 3 is 3.00 bits per heavy atom. The molecule has 1 atom stereocenters. The summed E-state index contributed by atoms with van der Waals surface area (Å²) in [5.41, 5.74) is 3.17. The van der Waals surface area contributed by atoms with E-state index in [1.807, 2.05) is 31.3 Å². The molecule has 0 radical (unpaired) electrons. The molecule has 5 heteroatoms. The van der Waals surface area contributed by atoms with Crippen molar-refractivity contribution in [3.05, 3.63) is 60.3 Å². The molecular weight excluding hydrogens is 288 g/mol. The van der Waals surface area contributed by atoms with Gasteiger partial charge in [0.1, 0.15) is 0 Å². The Balaban J connectivity index is 1.51. The van der Waals surface area contributed by atoms with Crippen LogP contribution in [0, 0.1) is 0 Å². The zero-order valence-corrected chi connectivity index (χ0v) is 13.1. The molecule has 0 aliphatic heterocycles. The number of amides is 1. The molecule has 1 amide bonds. The van der Waals surface area contributed by atoms with E-state index in [0.717, 1.165) is 17.6 Å². The molecular formula is C18H20N4O. The van der Waals surface area contributed by atoms with Gasteiger partial charge in [0.2, 0.25) is 5.91 Å². The number of fused-ring (bicyclic) bond motifs is 1. The molecule has 2 aromatic heterocycles. The first-order valence-corrected chi connectivity index (χ1v) is 7.81. The van der Waals surface area contributed by atoms with Gasteiger partial charge in [0.25, 0.3) is 0 Å². The number of benzene rings is 1. The highest BCUT2D eigenvalue weighted by Gasteiger charge is 2.10. The van der Waals surface area contributed by atoms with Gasteiger partial charge < -0.3 is 10.3 Å². The number of para-hydroxylation sites is 1. The quantitative estimate of drug-likeness (QED) is 0.735. The van der Waals surface area contributed by atoms with E-state index in [0.29, 0.717) is 12.8 Å². The van der Waals surface area contributed by atoms with Crippen LogP contribution in [0.15, 0.2) is 49.1 Å². The number of nitrogens with zero attached hydrogens (tertiary/aromatic N) is 2. The lowest BCUT2D eigenvalue weighted by Crippen LogP contribution is -2.34. The summed E-state index contributed by atoms with van der Waals surface area (Å²) in [6.07, 6.45) is 8.93. The predicted molar refractivity (Wildman–Crippen MR) is 90.0 cm³/mol. The van der Waals surface area contributed by atoms with Gasteiger partial charge in [-0.1, -0.05) is 18.2 Å². The number of nitrogens with one attached hydrogen (secondary N) is 2. The SMILES string of the molecule is CC(Cc1cnccn1)NC(=O)CCc1c[nH]c2ccccc12. The number of aromatic nitrogens is 3. The van der Waals surface area contributed by atoms with Gasteiger partial charge in [-0.3, -0.25) is 14.8 Å². The molecule has 3 aromatic rings. The Morgan fingerprint density at radius 1 is 1.30 bits per heavy atom. The zero-order valence-electron chi connectivity index (χ0n) is 13.1. The first kappa shape index (κ1) is 15.2. The van der Waals surface area contributed by atoms with Crippen LogP contribution in [-0.4, -0.2) is 26.9 Å². The van der Waals surface area contributed by atoms with E-state index >= 15 is 0 Å². The second-order valence-corrected chi connectivity index (χ2v) is 5.73. The summed E-state index contributed by atoms with van der Waals surface area (Å²) in [6.45, 7) is 1.98. The molecule has 0 aliphatic carbocycles. The van der Waals surface area contributed by atoms with Gasteiger partial charge in [0.15, 0.2) is 0 Å². The fourth-order valence-corrected chi connectivity index (χ4v) is 2.73. The maximum absolute atomic E-state index is 12.1. The normalized spacial score (nSPS) is 12.2. The van der Waals surface area contributed by atoms with Crippen LogP contribution < -0.4 is 5.32 Å². The summed E-state index contributed by atoms with van der Waals surface area (Å²) >= 11 is 0. The summed E-state index contributed by atoms with van der Waals surface area (Å²) in [6, 6.07) is 8.19. The molecule has 0 saturated heterocycles. The van der Waals surface area contributed by atoms with Gasteiger partial charge in [0.05, 0.1) is 5.69 Å². The van der Waals surface area contributed by atoms with Crippen LogP contribution in [-0.2, 0) is 17.6 Å². The maximum Gasteiger partial charge on any atom is 0.220 e. The first-order valence-electron chi connectivity index (χ1n) is 7.81. The fourth-order valence-electron chi connectivity index (χ4n) is 2.73. The molecule has 0 fully saturated rings. The number of hydrogen-bond donors (Lipinski definition) is 2. The Bertz CT molecular complexity index is 782. The van der Waals surface area contributed by atoms with Crippen LogP contribution in [0.4, 0.5) is 0 Å². The van der Waals surface area contributed by atoms with Gasteiger partial charge in [-0.25, -0.2) is 0 Å². The van der Waals surface area contributed by atoms with Gasteiger partial charge in [-0.05, 0) is 25.0 Å². The minimum Gasteiger partial charge on any atom is -0.361 e. The molecule has 1 unspecified atom stereocenters. The van der Waals surface area contributed by atoms with Crippen molar-refractivity contribution in [3.8, 4) is 0 Å². The van der Waals surface area contributed by atoms with Crippen molar-refractivity contribution in [1.29, 1.82) is 0 Å². The van der Waals surface area contributed by atoms with Crippen LogP contribution in [0.3, 0.4) is 0 Å². The molecule has 2 N–H and O–H groups in total. The number of rotatable bonds is 6. The van der Waals surface area contributed by atoms with Gasteiger partial charge in [-0.15, -0.1) is 0 Å². The van der Waals surface area contributed by atoms with E-state index in [1.165, 1.54) is 10.9 Å². The minimum atomic E-state index is 0.0437. The molecule has 23 heavy (non-hydrogen) atoms. The molecule has 2 heterocycles.